The average Bonchev–Trinajstić information content (AvgIpc) is 2.77. The lowest BCUT2D eigenvalue weighted by atomic mass is 10.0. The number of aryl methyl sites for hydroxylation is 1. The van der Waals surface area contributed by atoms with E-state index in [4.69, 9.17) is 9.97 Å². The Hall–Kier alpha value is -3.48. The summed E-state index contributed by atoms with van der Waals surface area (Å²) in [6, 6.07) is 16.2. The van der Waals surface area contributed by atoms with Crippen LogP contribution in [0.2, 0.25) is 0 Å². The molecule has 7 nitrogen and oxygen atoms in total. The molecule has 30 heavy (non-hydrogen) atoms. The van der Waals surface area contributed by atoms with Gasteiger partial charge in [0.2, 0.25) is 11.9 Å². The van der Waals surface area contributed by atoms with E-state index >= 15 is 0 Å². The summed E-state index contributed by atoms with van der Waals surface area (Å²) in [4.78, 5) is 36.2. The van der Waals surface area contributed by atoms with Crippen molar-refractivity contribution in [3.63, 3.8) is 0 Å². The Labute approximate surface area is 175 Å². The number of hydrogen-bond donors (Lipinski definition) is 0. The van der Waals surface area contributed by atoms with Crippen LogP contribution in [0.1, 0.15) is 18.4 Å². The van der Waals surface area contributed by atoms with Crippen molar-refractivity contribution < 1.29 is 14.7 Å². The highest BCUT2D eigenvalue weighted by atomic mass is 16.4. The fourth-order valence-corrected chi connectivity index (χ4v) is 3.71. The molecule has 0 N–H and O–H groups in total. The fourth-order valence-electron chi connectivity index (χ4n) is 3.71. The Morgan fingerprint density at radius 3 is 2.40 bits per heavy atom. The quantitative estimate of drug-likeness (QED) is 0.645. The first kappa shape index (κ1) is 19.8. The van der Waals surface area contributed by atoms with E-state index in [1.165, 1.54) is 0 Å². The van der Waals surface area contributed by atoms with Crippen LogP contribution in [0.3, 0.4) is 0 Å². The third-order valence-corrected chi connectivity index (χ3v) is 5.34. The van der Waals surface area contributed by atoms with Crippen LogP contribution in [-0.4, -0.2) is 52.9 Å². The number of anilines is 1. The first-order valence-corrected chi connectivity index (χ1v) is 10.1. The molecule has 1 aliphatic rings. The molecule has 1 amide bonds. The van der Waals surface area contributed by atoms with Gasteiger partial charge in [0.05, 0.1) is 11.2 Å². The van der Waals surface area contributed by atoms with Crippen molar-refractivity contribution >= 4 is 28.7 Å². The monoisotopic (exact) mass is 403 g/mol. The van der Waals surface area contributed by atoms with E-state index in [1.807, 2.05) is 42.5 Å². The summed E-state index contributed by atoms with van der Waals surface area (Å²) < 4.78 is 0. The number of benzene rings is 2. The van der Waals surface area contributed by atoms with Gasteiger partial charge in [-0.1, -0.05) is 42.0 Å². The topological polar surface area (TPSA) is 89.5 Å². The number of carboxylic acids is 1. The van der Waals surface area contributed by atoms with Crippen LogP contribution < -0.4 is 10.0 Å². The third-order valence-electron chi connectivity index (χ3n) is 5.34. The van der Waals surface area contributed by atoms with Gasteiger partial charge in [-0.05, 0) is 25.5 Å². The molecule has 0 aliphatic carbocycles. The number of carboxylic acid groups (broad SMARTS) is 1. The zero-order valence-corrected chi connectivity index (χ0v) is 16.9. The lowest BCUT2D eigenvalue weighted by Gasteiger charge is -2.35. The highest BCUT2D eigenvalue weighted by Crippen LogP contribution is 2.29. The van der Waals surface area contributed by atoms with E-state index in [0.717, 1.165) is 27.7 Å². The molecule has 0 unspecified atom stereocenters. The van der Waals surface area contributed by atoms with Crippen molar-refractivity contribution in [3.8, 4) is 11.3 Å². The highest BCUT2D eigenvalue weighted by Gasteiger charge is 2.23. The second-order valence-electron chi connectivity index (χ2n) is 7.50. The number of piperazine rings is 1. The number of carbonyl (C=O) groups is 2. The average molecular weight is 403 g/mol. The molecule has 0 saturated carbocycles. The summed E-state index contributed by atoms with van der Waals surface area (Å²) in [6.45, 7) is 4.29. The number of nitrogens with zero attached hydrogens (tertiary/aromatic N) is 4. The Balaban J connectivity index is 1.59. The highest BCUT2D eigenvalue weighted by molar-refractivity contribution is 5.93. The number of rotatable bonds is 5. The zero-order chi connectivity index (χ0) is 21.1. The van der Waals surface area contributed by atoms with E-state index in [0.29, 0.717) is 32.1 Å². The molecule has 0 radical (unpaired) electrons. The van der Waals surface area contributed by atoms with Crippen LogP contribution in [-0.2, 0) is 9.59 Å². The standard InChI is InChI=1S/C23H24N4O3/c1-16-7-8-19-18(15-16)22(17-5-3-2-4-6-17)25-23(24-19)27-13-11-26(12-14-27)20(28)9-10-21(29)30/h2-8,15H,9-14H2,1H3,(H,29,30)/p-1. The van der Waals surface area contributed by atoms with Gasteiger partial charge in [0.1, 0.15) is 0 Å². The van der Waals surface area contributed by atoms with Crippen molar-refractivity contribution in [3.05, 3.63) is 54.1 Å². The minimum atomic E-state index is -1.20. The van der Waals surface area contributed by atoms with Crippen LogP contribution in [0.25, 0.3) is 22.2 Å². The van der Waals surface area contributed by atoms with Gasteiger partial charge in [0.15, 0.2) is 0 Å². The summed E-state index contributed by atoms with van der Waals surface area (Å²) in [6.07, 6.45) is -0.265. The first-order valence-electron chi connectivity index (χ1n) is 10.1. The van der Waals surface area contributed by atoms with E-state index in [9.17, 15) is 14.7 Å². The molecule has 1 saturated heterocycles. The number of carbonyl (C=O) groups excluding carboxylic acids is 2. The number of amides is 1. The van der Waals surface area contributed by atoms with Crippen molar-refractivity contribution in [1.82, 2.24) is 14.9 Å². The maximum atomic E-state index is 12.2. The molecule has 1 aromatic heterocycles. The Kier molecular flexibility index (Phi) is 5.61. The molecule has 1 fully saturated rings. The summed E-state index contributed by atoms with van der Waals surface area (Å²) in [5.74, 6) is -0.707. The van der Waals surface area contributed by atoms with E-state index in [-0.39, 0.29) is 18.7 Å². The van der Waals surface area contributed by atoms with Gasteiger partial charge in [-0.25, -0.2) is 9.97 Å². The molecule has 0 spiro atoms. The van der Waals surface area contributed by atoms with Crippen LogP contribution in [0.4, 0.5) is 5.95 Å². The van der Waals surface area contributed by atoms with Crippen LogP contribution >= 0.6 is 0 Å². The van der Waals surface area contributed by atoms with E-state index < -0.39 is 5.97 Å². The lowest BCUT2D eigenvalue weighted by Crippen LogP contribution is -2.49. The van der Waals surface area contributed by atoms with Gasteiger partial charge in [-0.2, -0.15) is 0 Å². The maximum Gasteiger partial charge on any atom is 0.226 e. The molecule has 0 bridgehead atoms. The predicted octanol–water partition coefficient (Wildman–Crippen LogP) is 1.78. The van der Waals surface area contributed by atoms with E-state index in [1.54, 1.807) is 4.90 Å². The van der Waals surface area contributed by atoms with Crippen molar-refractivity contribution in [2.24, 2.45) is 0 Å². The summed E-state index contributed by atoms with van der Waals surface area (Å²) in [5, 5.41) is 11.6. The fraction of sp³-hybridized carbons (Fsp3) is 0.304. The van der Waals surface area contributed by atoms with E-state index in [2.05, 4.69) is 17.9 Å². The molecular formula is C23H23N4O3-. The SMILES string of the molecule is Cc1ccc2nc(N3CCN(C(=O)CCC(=O)[O-])CC3)nc(-c3ccccc3)c2c1. The molecular weight excluding hydrogens is 380 g/mol. The molecule has 2 heterocycles. The molecule has 7 heteroatoms. The maximum absolute atomic E-state index is 12.2. The minimum Gasteiger partial charge on any atom is -0.550 e. The Bertz CT molecular complexity index is 1080. The van der Waals surface area contributed by atoms with Crippen LogP contribution in [0.15, 0.2) is 48.5 Å². The zero-order valence-electron chi connectivity index (χ0n) is 16.9. The van der Waals surface area contributed by atoms with Crippen molar-refractivity contribution in [2.45, 2.75) is 19.8 Å². The van der Waals surface area contributed by atoms with Crippen molar-refractivity contribution in [1.29, 1.82) is 0 Å². The molecule has 3 aromatic rings. The number of aliphatic carboxylic acids is 1. The Morgan fingerprint density at radius 1 is 0.967 bits per heavy atom. The van der Waals surface area contributed by atoms with Gasteiger partial charge in [0, 0.05) is 49.5 Å². The normalized spacial score (nSPS) is 14.2. The molecule has 154 valence electrons. The molecule has 1 aliphatic heterocycles. The number of aromatic nitrogens is 2. The van der Waals surface area contributed by atoms with Crippen LogP contribution in [0.5, 0.6) is 0 Å². The smallest absolute Gasteiger partial charge is 0.226 e. The second-order valence-corrected chi connectivity index (χ2v) is 7.50. The number of hydrogen-bond acceptors (Lipinski definition) is 6. The third kappa shape index (κ3) is 4.25. The summed E-state index contributed by atoms with van der Waals surface area (Å²) in [5.41, 5.74) is 3.97. The molecule has 4 rings (SSSR count). The van der Waals surface area contributed by atoms with Gasteiger partial charge in [-0.3, -0.25) is 4.79 Å². The van der Waals surface area contributed by atoms with Crippen LogP contribution in [0, 0.1) is 6.92 Å². The lowest BCUT2D eigenvalue weighted by molar-refractivity contribution is -0.305. The summed E-state index contributed by atoms with van der Waals surface area (Å²) in [7, 11) is 0. The Morgan fingerprint density at radius 2 is 1.70 bits per heavy atom. The molecule has 2 aromatic carbocycles. The van der Waals surface area contributed by atoms with Gasteiger partial charge < -0.3 is 19.7 Å². The summed E-state index contributed by atoms with van der Waals surface area (Å²) >= 11 is 0. The molecule has 0 atom stereocenters. The second kappa shape index (κ2) is 8.49. The van der Waals surface area contributed by atoms with Gasteiger partial charge in [-0.15, -0.1) is 0 Å². The van der Waals surface area contributed by atoms with Gasteiger partial charge in [0.25, 0.3) is 0 Å². The van der Waals surface area contributed by atoms with Gasteiger partial charge >= 0.3 is 0 Å². The minimum absolute atomic E-state index is 0.0215. The number of fused-ring (bicyclic) bond motifs is 1. The largest absolute Gasteiger partial charge is 0.550 e. The predicted molar refractivity (Wildman–Crippen MR) is 113 cm³/mol. The van der Waals surface area contributed by atoms with Crippen molar-refractivity contribution in [2.75, 3.05) is 31.1 Å². The first-order chi connectivity index (χ1) is 14.5.